The van der Waals surface area contributed by atoms with Crippen molar-refractivity contribution in [1.29, 1.82) is 0 Å². The minimum absolute atomic E-state index is 0.464. The summed E-state index contributed by atoms with van der Waals surface area (Å²) in [7, 11) is 2.20. The van der Waals surface area contributed by atoms with Gasteiger partial charge in [0.05, 0.1) is 12.7 Å². The highest BCUT2D eigenvalue weighted by Gasteiger charge is 2.10. The maximum Gasteiger partial charge on any atom is 0.0597 e. The quantitative estimate of drug-likeness (QED) is 0.650. The third-order valence-corrected chi connectivity index (χ3v) is 3.90. The van der Waals surface area contributed by atoms with Crippen LogP contribution in [0.5, 0.6) is 0 Å². The second-order valence-corrected chi connectivity index (χ2v) is 5.58. The van der Waals surface area contributed by atoms with Crippen LogP contribution in [0, 0.1) is 0 Å². The lowest BCUT2D eigenvalue weighted by molar-refractivity contribution is 0.0321. The molecule has 1 rings (SSSR count). The Labute approximate surface area is 119 Å². The minimum atomic E-state index is 0.464. The van der Waals surface area contributed by atoms with Crippen LogP contribution < -0.4 is 5.32 Å². The van der Waals surface area contributed by atoms with Crippen LogP contribution in [0.15, 0.2) is 0 Å². The van der Waals surface area contributed by atoms with Crippen molar-refractivity contribution in [3.05, 3.63) is 0 Å². The molecule has 4 heteroatoms. The van der Waals surface area contributed by atoms with Crippen molar-refractivity contribution >= 4 is 0 Å². The average molecular weight is 271 g/mol. The Hall–Kier alpha value is -0.160. The first kappa shape index (κ1) is 16.9. The van der Waals surface area contributed by atoms with E-state index in [-0.39, 0.29) is 0 Å². The van der Waals surface area contributed by atoms with Gasteiger partial charge in [0.15, 0.2) is 0 Å². The smallest absolute Gasteiger partial charge is 0.0597 e. The Balaban J connectivity index is 2.01. The molecule has 0 bridgehead atoms. The van der Waals surface area contributed by atoms with E-state index >= 15 is 0 Å². The minimum Gasteiger partial charge on any atom is -0.377 e. The zero-order chi connectivity index (χ0) is 13.9. The second-order valence-electron chi connectivity index (χ2n) is 5.58. The van der Waals surface area contributed by atoms with Gasteiger partial charge in [-0.2, -0.15) is 0 Å². The van der Waals surface area contributed by atoms with Crippen LogP contribution in [0.2, 0.25) is 0 Å². The van der Waals surface area contributed by atoms with E-state index in [0.29, 0.717) is 6.10 Å². The number of piperazine rings is 1. The lowest BCUT2D eigenvalue weighted by atomic mass is 10.2. The summed E-state index contributed by atoms with van der Waals surface area (Å²) in [6.45, 7) is 13.4. The van der Waals surface area contributed by atoms with Crippen molar-refractivity contribution < 1.29 is 4.74 Å². The van der Waals surface area contributed by atoms with Gasteiger partial charge in [-0.05, 0) is 19.9 Å². The number of hydrogen-bond acceptors (Lipinski definition) is 4. The van der Waals surface area contributed by atoms with E-state index < -0.39 is 0 Å². The van der Waals surface area contributed by atoms with E-state index in [1.807, 2.05) is 0 Å². The molecule has 0 amide bonds. The highest BCUT2D eigenvalue weighted by Crippen LogP contribution is 2.06. The van der Waals surface area contributed by atoms with Crippen molar-refractivity contribution in [3.8, 4) is 0 Å². The van der Waals surface area contributed by atoms with Crippen LogP contribution in [0.25, 0.3) is 0 Å². The number of ether oxygens (including phenoxy) is 1. The van der Waals surface area contributed by atoms with Crippen molar-refractivity contribution in [2.75, 3.05) is 59.5 Å². The zero-order valence-corrected chi connectivity index (χ0v) is 13.2. The molecule has 1 fully saturated rings. The topological polar surface area (TPSA) is 27.7 Å². The Morgan fingerprint density at radius 1 is 1.21 bits per heavy atom. The fraction of sp³-hybridized carbons (Fsp3) is 1.00. The molecule has 1 atom stereocenters. The van der Waals surface area contributed by atoms with E-state index in [9.17, 15) is 0 Å². The first-order chi connectivity index (χ1) is 9.26. The third-order valence-electron chi connectivity index (χ3n) is 3.90. The highest BCUT2D eigenvalue weighted by molar-refractivity contribution is 4.68. The van der Waals surface area contributed by atoms with Gasteiger partial charge in [-0.25, -0.2) is 0 Å². The summed E-state index contributed by atoms with van der Waals surface area (Å²) in [6.07, 6.45) is 4.02. The summed E-state index contributed by atoms with van der Waals surface area (Å²) < 4.78 is 5.93. The van der Waals surface area contributed by atoms with Crippen LogP contribution >= 0.6 is 0 Å². The summed E-state index contributed by atoms with van der Waals surface area (Å²) in [4.78, 5) is 4.93. The molecule has 0 aromatic carbocycles. The summed E-state index contributed by atoms with van der Waals surface area (Å²) in [5.74, 6) is 0. The van der Waals surface area contributed by atoms with Crippen LogP contribution in [-0.2, 0) is 4.74 Å². The molecule has 4 nitrogen and oxygen atoms in total. The Bertz CT molecular complexity index is 208. The van der Waals surface area contributed by atoms with Crippen LogP contribution in [0.1, 0.15) is 33.1 Å². The normalized spacial score (nSPS) is 18.9. The summed E-state index contributed by atoms with van der Waals surface area (Å²) in [5.41, 5.74) is 0. The lowest BCUT2D eigenvalue weighted by Crippen LogP contribution is -2.46. The molecule has 0 aromatic heterocycles. The third kappa shape index (κ3) is 7.88. The largest absolute Gasteiger partial charge is 0.377 e. The molecule has 1 saturated heterocycles. The monoisotopic (exact) mass is 271 g/mol. The van der Waals surface area contributed by atoms with E-state index in [1.54, 1.807) is 0 Å². The predicted octanol–water partition coefficient (Wildman–Crippen LogP) is 1.42. The number of likely N-dealkylation sites (N-methyl/N-ethyl adjacent to an activating group) is 1. The Morgan fingerprint density at radius 2 is 1.95 bits per heavy atom. The lowest BCUT2D eigenvalue weighted by Gasteiger charge is -2.29. The van der Waals surface area contributed by atoms with Crippen LogP contribution in [-0.4, -0.2) is 75.4 Å². The number of nitrogens with zero attached hydrogens (tertiary/aromatic N) is 2. The van der Waals surface area contributed by atoms with E-state index in [2.05, 4.69) is 36.0 Å². The van der Waals surface area contributed by atoms with Crippen molar-refractivity contribution in [2.24, 2.45) is 0 Å². The van der Waals surface area contributed by atoms with Gasteiger partial charge in [0.2, 0.25) is 0 Å². The fourth-order valence-electron chi connectivity index (χ4n) is 2.46. The molecule has 0 aliphatic carbocycles. The Kier molecular flexibility index (Phi) is 9.43. The van der Waals surface area contributed by atoms with E-state index in [4.69, 9.17) is 4.74 Å². The molecular formula is C15H33N3O. The predicted molar refractivity (Wildman–Crippen MR) is 81.7 cm³/mol. The summed E-state index contributed by atoms with van der Waals surface area (Å²) in [5, 5.41) is 3.39. The standard InChI is InChI=1S/C15H33N3O/c1-4-6-15(5-2)19-14-13-17(3)11-12-18-9-7-16-8-10-18/h15-16H,4-14H2,1-3H3. The molecule has 1 aliphatic heterocycles. The van der Waals surface area contributed by atoms with Gasteiger partial charge >= 0.3 is 0 Å². The van der Waals surface area contributed by atoms with Gasteiger partial charge in [0, 0.05) is 45.8 Å². The van der Waals surface area contributed by atoms with Crippen LogP contribution in [0.3, 0.4) is 0 Å². The molecule has 19 heavy (non-hydrogen) atoms. The molecule has 1 unspecified atom stereocenters. The van der Waals surface area contributed by atoms with Crippen molar-refractivity contribution in [1.82, 2.24) is 15.1 Å². The van der Waals surface area contributed by atoms with Gasteiger partial charge < -0.3 is 15.0 Å². The maximum absolute atomic E-state index is 5.93. The number of nitrogens with one attached hydrogen (secondary N) is 1. The Morgan fingerprint density at radius 3 is 2.58 bits per heavy atom. The first-order valence-corrected chi connectivity index (χ1v) is 7.99. The van der Waals surface area contributed by atoms with Gasteiger partial charge in [0.25, 0.3) is 0 Å². The van der Waals surface area contributed by atoms with E-state index in [1.165, 1.54) is 32.5 Å². The average Bonchev–Trinajstić information content (AvgIpc) is 2.45. The molecule has 0 spiro atoms. The molecule has 1 N–H and O–H groups in total. The van der Waals surface area contributed by atoms with Gasteiger partial charge in [-0.1, -0.05) is 20.3 Å². The highest BCUT2D eigenvalue weighted by atomic mass is 16.5. The molecular weight excluding hydrogens is 238 g/mol. The van der Waals surface area contributed by atoms with Gasteiger partial charge in [-0.3, -0.25) is 4.90 Å². The fourth-order valence-corrected chi connectivity index (χ4v) is 2.46. The first-order valence-electron chi connectivity index (χ1n) is 7.99. The molecule has 114 valence electrons. The van der Waals surface area contributed by atoms with E-state index in [0.717, 1.165) is 39.2 Å². The van der Waals surface area contributed by atoms with Crippen LogP contribution in [0.4, 0.5) is 0 Å². The second kappa shape index (κ2) is 10.6. The summed E-state index contributed by atoms with van der Waals surface area (Å²) >= 11 is 0. The van der Waals surface area contributed by atoms with Gasteiger partial charge in [-0.15, -0.1) is 0 Å². The number of hydrogen-bond donors (Lipinski definition) is 1. The number of rotatable bonds is 10. The van der Waals surface area contributed by atoms with Gasteiger partial charge in [0.1, 0.15) is 0 Å². The summed E-state index contributed by atoms with van der Waals surface area (Å²) in [6, 6.07) is 0. The molecule has 1 aliphatic rings. The maximum atomic E-state index is 5.93. The molecule has 0 radical (unpaired) electrons. The zero-order valence-electron chi connectivity index (χ0n) is 13.2. The molecule has 0 saturated carbocycles. The van der Waals surface area contributed by atoms with Crippen molar-refractivity contribution in [3.63, 3.8) is 0 Å². The molecule has 0 aromatic rings. The van der Waals surface area contributed by atoms with Crippen molar-refractivity contribution in [2.45, 2.75) is 39.2 Å². The molecule has 1 heterocycles. The SMILES string of the molecule is CCCC(CC)OCCN(C)CCN1CCNCC1.